The molecule has 0 radical (unpaired) electrons. The highest BCUT2D eigenvalue weighted by Gasteiger charge is 2.24. The lowest BCUT2D eigenvalue weighted by molar-refractivity contribution is 0.111. The molecule has 6 nitrogen and oxygen atoms in total. The Labute approximate surface area is 160 Å². The lowest BCUT2D eigenvalue weighted by Crippen LogP contribution is -2.46. The highest BCUT2D eigenvalue weighted by Crippen LogP contribution is 2.37. The minimum atomic E-state index is -0.105. The van der Waals surface area contributed by atoms with Gasteiger partial charge in [-0.25, -0.2) is 0 Å². The molecule has 1 fully saturated rings. The molecule has 0 bridgehead atoms. The summed E-state index contributed by atoms with van der Waals surface area (Å²) < 4.78 is 0. The van der Waals surface area contributed by atoms with Crippen LogP contribution in [0.1, 0.15) is 20.7 Å². The molecule has 2 aromatic rings. The zero-order valence-corrected chi connectivity index (χ0v) is 15.2. The van der Waals surface area contributed by atoms with Gasteiger partial charge in [0.05, 0.1) is 22.5 Å². The number of benzene rings is 2. The monoisotopic (exact) mass is 394 g/mol. The van der Waals surface area contributed by atoms with E-state index in [0.717, 1.165) is 0 Å². The van der Waals surface area contributed by atoms with Gasteiger partial charge in [-0.1, -0.05) is 23.2 Å². The van der Waals surface area contributed by atoms with Crippen LogP contribution in [-0.4, -0.2) is 49.0 Å². The van der Waals surface area contributed by atoms with Gasteiger partial charge in [-0.3, -0.25) is 9.59 Å². The number of carbonyl (C=O) groups excluding carboxylic acids is 2. The molecule has 2 N–H and O–H groups in total. The van der Waals surface area contributed by atoms with Crippen LogP contribution in [0.3, 0.4) is 0 Å². The summed E-state index contributed by atoms with van der Waals surface area (Å²) in [5, 5.41) is 21.2. The minimum absolute atomic E-state index is 0.105. The minimum Gasteiger partial charge on any atom is -0.505 e. The normalized spacial score (nSPS) is 14.4. The standard InChI is InChI=1S/C18H16Cl2N2O4/c19-13-5-11(9-23)17(25)15(7-13)21-1-2-22(4-3-21)16-8-14(20)6-12(10-24)18(16)26/h5-10,25-26H,1-4H2. The van der Waals surface area contributed by atoms with Gasteiger partial charge in [0.25, 0.3) is 0 Å². The number of halogens is 2. The second kappa shape index (κ2) is 7.43. The van der Waals surface area contributed by atoms with Gasteiger partial charge in [-0.05, 0) is 24.3 Å². The van der Waals surface area contributed by atoms with Crippen LogP contribution >= 0.6 is 23.2 Å². The van der Waals surface area contributed by atoms with Gasteiger partial charge in [0.2, 0.25) is 0 Å². The first-order valence-electron chi connectivity index (χ1n) is 7.90. The number of anilines is 2. The van der Waals surface area contributed by atoms with E-state index in [0.29, 0.717) is 60.2 Å². The van der Waals surface area contributed by atoms with E-state index in [1.165, 1.54) is 12.1 Å². The lowest BCUT2D eigenvalue weighted by Gasteiger charge is -2.38. The molecule has 8 heteroatoms. The zero-order valence-electron chi connectivity index (χ0n) is 13.7. The highest BCUT2D eigenvalue weighted by atomic mass is 35.5. The van der Waals surface area contributed by atoms with E-state index in [2.05, 4.69) is 0 Å². The largest absolute Gasteiger partial charge is 0.505 e. The third-order valence-corrected chi connectivity index (χ3v) is 4.82. The fraction of sp³-hybridized carbons (Fsp3) is 0.222. The molecule has 3 rings (SSSR count). The molecule has 1 aliphatic rings. The first-order chi connectivity index (χ1) is 12.4. The van der Waals surface area contributed by atoms with Crippen LogP contribution < -0.4 is 9.80 Å². The van der Waals surface area contributed by atoms with Crippen molar-refractivity contribution in [2.75, 3.05) is 36.0 Å². The van der Waals surface area contributed by atoms with Crippen molar-refractivity contribution >= 4 is 47.1 Å². The molecule has 1 saturated heterocycles. The van der Waals surface area contributed by atoms with Crippen LogP contribution in [0.25, 0.3) is 0 Å². The second-order valence-electron chi connectivity index (χ2n) is 5.94. The maximum Gasteiger partial charge on any atom is 0.153 e. The highest BCUT2D eigenvalue weighted by molar-refractivity contribution is 6.31. The van der Waals surface area contributed by atoms with Gasteiger partial charge in [0.15, 0.2) is 12.6 Å². The zero-order chi connectivity index (χ0) is 18.8. The van der Waals surface area contributed by atoms with Crippen molar-refractivity contribution in [3.63, 3.8) is 0 Å². The molecule has 1 aliphatic heterocycles. The SMILES string of the molecule is O=Cc1cc(Cl)cc(N2CCN(c3cc(Cl)cc(C=O)c3O)CC2)c1O. The Bertz CT molecular complexity index is 793. The van der Waals surface area contributed by atoms with Gasteiger partial charge >= 0.3 is 0 Å². The number of phenolic OH excluding ortho intramolecular Hbond substituents is 2. The van der Waals surface area contributed by atoms with Crippen molar-refractivity contribution < 1.29 is 19.8 Å². The van der Waals surface area contributed by atoms with Crippen LogP contribution in [0.15, 0.2) is 24.3 Å². The number of hydrogen-bond donors (Lipinski definition) is 2. The molecule has 0 amide bonds. The number of phenols is 2. The number of nitrogens with zero attached hydrogens (tertiary/aromatic N) is 2. The van der Waals surface area contributed by atoms with Crippen molar-refractivity contribution in [1.82, 2.24) is 0 Å². The number of aromatic hydroxyl groups is 2. The summed E-state index contributed by atoms with van der Waals surface area (Å²) in [7, 11) is 0. The van der Waals surface area contributed by atoms with Gasteiger partial charge in [-0.2, -0.15) is 0 Å². The van der Waals surface area contributed by atoms with Crippen molar-refractivity contribution in [2.24, 2.45) is 0 Å². The summed E-state index contributed by atoms with van der Waals surface area (Å²) in [6.45, 7) is 2.09. The fourth-order valence-corrected chi connectivity index (χ4v) is 3.50. The average Bonchev–Trinajstić information content (AvgIpc) is 2.65. The third-order valence-electron chi connectivity index (χ3n) is 4.38. The number of rotatable bonds is 4. The summed E-state index contributed by atoms with van der Waals surface area (Å²) >= 11 is 12.1. The fourth-order valence-electron chi connectivity index (χ4n) is 3.06. The predicted molar refractivity (Wildman–Crippen MR) is 101 cm³/mol. The first kappa shape index (κ1) is 18.4. The van der Waals surface area contributed by atoms with E-state index in [9.17, 15) is 19.8 Å². The maximum absolute atomic E-state index is 11.1. The Kier molecular flexibility index (Phi) is 5.25. The van der Waals surface area contributed by atoms with E-state index < -0.39 is 0 Å². The topological polar surface area (TPSA) is 81.1 Å². The van der Waals surface area contributed by atoms with E-state index in [1.54, 1.807) is 12.1 Å². The van der Waals surface area contributed by atoms with E-state index >= 15 is 0 Å². The smallest absolute Gasteiger partial charge is 0.153 e. The quantitative estimate of drug-likeness (QED) is 0.773. The summed E-state index contributed by atoms with van der Waals surface area (Å²) in [5.74, 6) is -0.210. The maximum atomic E-state index is 11.1. The van der Waals surface area contributed by atoms with Crippen LogP contribution in [0.2, 0.25) is 10.0 Å². The van der Waals surface area contributed by atoms with Gasteiger partial charge in [0, 0.05) is 36.2 Å². The van der Waals surface area contributed by atoms with Crippen molar-refractivity contribution in [3.05, 3.63) is 45.4 Å². The molecule has 0 aromatic heterocycles. The summed E-state index contributed by atoms with van der Waals surface area (Å²) in [6.07, 6.45) is 1.12. The Hall–Kier alpha value is -2.44. The Balaban J connectivity index is 1.83. The number of hydrogen-bond acceptors (Lipinski definition) is 6. The predicted octanol–water partition coefficient (Wildman–Crippen LogP) is 3.36. The van der Waals surface area contributed by atoms with Gasteiger partial charge in [0.1, 0.15) is 11.5 Å². The summed E-state index contributed by atoms with van der Waals surface area (Å²) in [5.41, 5.74) is 1.25. The molecule has 0 unspecified atom stereocenters. The molecule has 1 heterocycles. The van der Waals surface area contributed by atoms with Crippen molar-refractivity contribution in [2.45, 2.75) is 0 Å². The molecule has 26 heavy (non-hydrogen) atoms. The molecule has 0 spiro atoms. The average molecular weight is 395 g/mol. The molecule has 0 atom stereocenters. The molecule has 0 aliphatic carbocycles. The molecule has 0 saturated carbocycles. The van der Waals surface area contributed by atoms with Gasteiger partial charge < -0.3 is 20.0 Å². The summed E-state index contributed by atoms with van der Waals surface area (Å²) in [6, 6.07) is 6.05. The molecular weight excluding hydrogens is 379 g/mol. The van der Waals surface area contributed by atoms with Crippen LogP contribution in [0.5, 0.6) is 11.5 Å². The third kappa shape index (κ3) is 3.43. The number of aldehydes is 2. The van der Waals surface area contributed by atoms with Crippen LogP contribution in [-0.2, 0) is 0 Å². The number of piperazine rings is 1. The molecular formula is C18H16Cl2N2O4. The molecule has 136 valence electrons. The lowest BCUT2D eigenvalue weighted by atomic mass is 10.1. The first-order valence-corrected chi connectivity index (χ1v) is 8.65. The van der Waals surface area contributed by atoms with Crippen LogP contribution in [0.4, 0.5) is 11.4 Å². The van der Waals surface area contributed by atoms with E-state index in [4.69, 9.17) is 23.2 Å². The Morgan fingerprint density at radius 2 is 1.08 bits per heavy atom. The van der Waals surface area contributed by atoms with Gasteiger partial charge in [-0.15, -0.1) is 0 Å². The van der Waals surface area contributed by atoms with Crippen molar-refractivity contribution in [3.8, 4) is 11.5 Å². The van der Waals surface area contributed by atoms with Crippen LogP contribution in [0, 0.1) is 0 Å². The Morgan fingerprint density at radius 1 is 0.731 bits per heavy atom. The number of carbonyl (C=O) groups is 2. The van der Waals surface area contributed by atoms with E-state index in [1.807, 2.05) is 9.80 Å². The summed E-state index contributed by atoms with van der Waals surface area (Å²) in [4.78, 5) is 26.0. The van der Waals surface area contributed by atoms with Crippen molar-refractivity contribution in [1.29, 1.82) is 0 Å². The molecule has 2 aromatic carbocycles. The Morgan fingerprint density at radius 3 is 1.38 bits per heavy atom. The van der Waals surface area contributed by atoms with E-state index in [-0.39, 0.29) is 22.6 Å². The second-order valence-corrected chi connectivity index (χ2v) is 6.81.